The van der Waals surface area contributed by atoms with Crippen LogP contribution in [0.1, 0.15) is 49.2 Å². The van der Waals surface area contributed by atoms with Crippen LogP contribution in [0.25, 0.3) is 10.9 Å². The van der Waals surface area contributed by atoms with Crippen molar-refractivity contribution in [2.24, 2.45) is 11.7 Å². The van der Waals surface area contributed by atoms with Crippen molar-refractivity contribution in [3.63, 3.8) is 0 Å². The molecule has 12 heteroatoms. The lowest BCUT2D eigenvalue weighted by Gasteiger charge is -2.37. The van der Waals surface area contributed by atoms with Gasteiger partial charge in [-0.3, -0.25) is 19.8 Å². The summed E-state index contributed by atoms with van der Waals surface area (Å²) in [7, 11) is -4.04. The number of carbonyl (C=O) groups is 3. The number of hydrogen-bond donors (Lipinski definition) is 3. The topological polar surface area (TPSA) is 163 Å². The molecule has 0 saturated heterocycles. The van der Waals surface area contributed by atoms with E-state index in [4.69, 9.17) is 5.73 Å². The fraction of sp³-hybridized carbons (Fsp3) is 0.314. The Labute approximate surface area is 275 Å². The number of primary amides is 1. The van der Waals surface area contributed by atoms with Gasteiger partial charge < -0.3 is 10.8 Å². The summed E-state index contributed by atoms with van der Waals surface area (Å²) in [5, 5.41) is 13.7. The number of pyridine rings is 1. The highest BCUT2D eigenvalue weighted by Crippen LogP contribution is 2.21. The number of aromatic nitrogens is 1. The molecule has 3 amide bonds. The molecule has 0 saturated carbocycles. The minimum absolute atomic E-state index is 0.0227. The van der Waals surface area contributed by atoms with E-state index < -0.39 is 39.9 Å². The van der Waals surface area contributed by atoms with Crippen LogP contribution >= 0.6 is 0 Å². The minimum atomic E-state index is -4.04. The van der Waals surface area contributed by atoms with Crippen molar-refractivity contribution < 1.29 is 27.9 Å². The third-order valence-electron chi connectivity index (χ3n) is 7.70. The monoisotopic (exact) mass is 659 g/mol. The summed E-state index contributed by atoms with van der Waals surface area (Å²) in [5.74, 6) is -1.95. The van der Waals surface area contributed by atoms with Gasteiger partial charge in [0.25, 0.3) is 5.91 Å². The highest BCUT2D eigenvalue weighted by molar-refractivity contribution is 7.89. The Kier molecular flexibility index (Phi) is 12.2. The van der Waals surface area contributed by atoms with Gasteiger partial charge in [-0.25, -0.2) is 18.4 Å². The minimum Gasteiger partial charge on any atom is -0.390 e. The molecule has 0 radical (unpaired) electrons. The molecule has 4 N–H and O–H groups in total. The second-order valence-electron chi connectivity index (χ2n) is 11.7. The molecule has 2 atom stereocenters. The van der Waals surface area contributed by atoms with E-state index in [2.05, 4.69) is 10.4 Å². The van der Waals surface area contributed by atoms with E-state index in [1.807, 2.05) is 32.0 Å². The predicted molar refractivity (Wildman–Crippen MR) is 179 cm³/mol. The SMILES string of the molecule is CC(C)CCN(C[C@@H](O)C(Cc1ccccc1)N(NC(=O)c1ccc2ccccc2n1)C(=O)CCC(N)=O)S(=O)(=O)c1ccccc1. The van der Waals surface area contributed by atoms with Gasteiger partial charge in [-0.2, -0.15) is 4.31 Å². The Morgan fingerprint density at radius 1 is 0.872 bits per heavy atom. The normalized spacial score (nSPS) is 13.0. The first-order chi connectivity index (χ1) is 22.5. The molecule has 1 heterocycles. The van der Waals surface area contributed by atoms with Crippen LogP contribution in [-0.2, 0) is 26.0 Å². The molecule has 0 aliphatic carbocycles. The van der Waals surface area contributed by atoms with Gasteiger partial charge in [-0.05, 0) is 48.6 Å². The summed E-state index contributed by atoms with van der Waals surface area (Å²) < 4.78 is 28.8. The molecule has 248 valence electrons. The number of nitrogens with zero attached hydrogens (tertiary/aromatic N) is 3. The summed E-state index contributed by atoms with van der Waals surface area (Å²) in [6.07, 6.45) is -1.54. The number of amides is 3. The molecule has 1 aromatic heterocycles. The van der Waals surface area contributed by atoms with Gasteiger partial charge in [0.1, 0.15) is 5.69 Å². The van der Waals surface area contributed by atoms with Crippen molar-refractivity contribution in [2.75, 3.05) is 13.1 Å². The fourth-order valence-corrected chi connectivity index (χ4v) is 6.57. The van der Waals surface area contributed by atoms with Crippen molar-refractivity contribution in [3.8, 4) is 0 Å². The molecular formula is C35H41N5O6S. The van der Waals surface area contributed by atoms with E-state index in [9.17, 15) is 27.9 Å². The zero-order valence-corrected chi connectivity index (χ0v) is 27.3. The number of aliphatic hydroxyl groups is 1. The molecule has 1 unspecified atom stereocenters. The Morgan fingerprint density at radius 2 is 1.51 bits per heavy atom. The molecule has 11 nitrogen and oxygen atoms in total. The van der Waals surface area contributed by atoms with Crippen LogP contribution in [0, 0.1) is 5.92 Å². The predicted octanol–water partition coefficient (Wildman–Crippen LogP) is 3.68. The van der Waals surface area contributed by atoms with Crippen LogP contribution in [-0.4, -0.2) is 70.8 Å². The van der Waals surface area contributed by atoms with Crippen molar-refractivity contribution in [2.45, 2.75) is 56.6 Å². The highest BCUT2D eigenvalue weighted by Gasteiger charge is 2.36. The van der Waals surface area contributed by atoms with Gasteiger partial charge in [0.2, 0.25) is 21.8 Å². The van der Waals surface area contributed by atoms with E-state index in [1.165, 1.54) is 22.5 Å². The van der Waals surface area contributed by atoms with E-state index >= 15 is 0 Å². The summed E-state index contributed by atoms with van der Waals surface area (Å²) in [6, 6.07) is 26.3. The molecule has 3 aromatic carbocycles. The smallest absolute Gasteiger partial charge is 0.288 e. The number of hydrazine groups is 1. The molecule has 4 rings (SSSR count). The van der Waals surface area contributed by atoms with Gasteiger partial charge in [-0.15, -0.1) is 0 Å². The summed E-state index contributed by atoms with van der Waals surface area (Å²) >= 11 is 0. The summed E-state index contributed by atoms with van der Waals surface area (Å²) in [6.45, 7) is 3.69. The molecule has 0 aliphatic rings. The molecule has 0 spiro atoms. The number of fused-ring (bicyclic) bond motifs is 1. The Balaban J connectivity index is 1.73. The van der Waals surface area contributed by atoms with Gasteiger partial charge in [0, 0.05) is 31.3 Å². The molecule has 4 aromatic rings. The van der Waals surface area contributed by atoms with E-state index in [1.54, 1.807) is 60.7 Å². The number of hydrogen-bond acceptors (Lipinski definition) is 7. The first kappa shape index (κ1) is 35.2. The quantitative estimate of drug-likeness (QED) is 0.164. The van der Waals surface area contributed by atoms with Crippen LogP contribution in [0.3, 0.4) is 0 Å². The van der Waals surface area contributed by atoms with Crippen molar-refractivity contribution in [1.82, 2.24) is 19.7 Å². The molecule has 0 fully saturated rings. The van der Waals surface area contributed by atoms with E-state index in [0.29, 0.717) is 11.9 Å². The Hall–Kier alpha value is -4.65. The van der Waals surface area contributed by atoms with Crippen molar-refractivity contribution in [3.05, 3.63) is 108 Å². The molecule has 0 aliphatic heterocycles. The van der Waals surface area contributed by atoms with Crippen LogP contribution in [0.5, 0.6) is 0 Å². The number of benzene rings is 3. The lowest BCUT2D eigenvalue weighted by atomic mass is 9.99. The first-order valence-electron chi connectivity index (χ1n) is 15.5. The lowest BCUT2D eigenvalue weighted by molar-refractivity contribution is -0.141. The van der Waals surface area contributed by atoms with E-state index in [0.717, 1.165) is 16.0 Å². The molecule has 0 bridgehead atoms. The zero-order valence-electron chi connectivity index (χ0n) is 26.5. The maximum absolute atomic E-state index is 13.8. The van der Waals surface area contributed by atoms with Crippen LogP contribution in [0.15, 0.2) is 102 Å². The average Bonchev–Trinajstić information content (AvgIpc) is 3.07. The number of aliphatic hydroxyl groups excluding tert-OH is 1. The van der Waals surface area contributed by atoms with Crippen LogP contribution in [0.4, 0.5) is 0 Å². The number of rotatable bonds is 15. The van der Waals surface area contributed by atoms with Crippen molar-refractivity contribution >= 4 is 38.6 Å². The number of para-hydroxylation sites is 1. The standard InChI is InChI=1S/C35H41N5O6S/c1-25(2)21-22-39(47(45,46)28-14-7-4-8-15-28)24-32(41)31(23-26-11-5-3-6-12-26)40(34(43)20-19-33(36)42)38-35(44)30-18-17-27-13-9-10-16-29(27)37-30/h3-18,25,31-32,41H,19-24H2,1-2H3,(H2,36,42)(H,38,44)/t31?,32-/m1/s1. The van der Waals surface area contributed by atoms with E-state index in [-0.39, 0.29) is 48.9 Å². The van der Waals surface area contributed by atoms with Gasteiger partial charge in [0.05, 0.1) is 22.6 Å². The Morgan fingerprint density at radius 3 is 2.17 bits per heavy atom. The van der Waals surface area contributed by atoms with Crippen molar-refractivity contribution in [1.29, 1.82) is 0 Å². The maximum Gasteiger partial charge on any atom is 0.288 e. The molecular weight excluding hydrogens is 618 g/mol. The third kappa shape index (κ3) is 9.67. The summed E-state index contributed by atoms with van der Waals surface area (Å²) in [4.78, 5) is 43.5. The largest absolute Gasteiger partial charge is 0.390 e. The first-order valence-corrected chi connectivity index (χ1v) is 16.9. The number of carbonyl (C=O) groups excluding carboxylic acids is 3. The van der Waals surface area contributed by atoms with Gasteiger partial charge in [0.15, 0.2) is 0 Å². The summed E-state index contributed by atoms with van der Waals surface area (Å²) in [5.41, 5.74) is 9.28. The lowest BCUT2D eigenvalue weighted by Crippen LogP contribution is -2.59. The second kappa shape index (κ2) is 16.3. The van der Waals surface area contributed by atoms with Gasteiger partial charge in [-0.1, -0.05) is 86.6 Å². The second-order valence-corrected chi connectivity index (χ2v) is 13.7. The third-order valence-corrected chi connectivity index (χ3v) is 9.58. The number of nitrogens with two attached hydrogens (primary N) is 1. The fourth-order valence-electron chi connectivity index (χ4n) is 5.08. The van der Waals surface area contributed by atoms with Crippen LogP contribution in [0.2, 0.25) is 0 Å². The number of sulfonamides is 1. The Bertz CT molecular complexity index is 1770. The zero-order chi connectivity index (χ0) is 34.0. The maximum atomic E-state index is 13.8. The number of nitrogens with one attached hydrogen (secondary N) is 1. The average molecular weight is 660 g/mol. The molecule has 47 heavy (non-hydrogen) atoms. The van der Waals surface area contributed by atoms with Crippen LogP contribution < -0.4 is 11.2 Å². The highest BCUT2D eigenvalue weighted by atomic mass is 32.2. The van der Waals surface area contributed by atoms with Gasteiger partial charge >= 0.3 is 0 Å².